The van der Waals surface area contributed by atoms with Gasteiger partial charge in [-0.15, -0.1) is 5.10 Å². The summed E-state index contributed by atoms with van der Waals surface area (Å²) in [4.78, 5) is 10.2. The van der Waals surface area contributed by atoms with E-state index in [0.717, 1.165) is 16.8 Å². The zero-order valence-electron chi connectivity index (χ0n) is 13.4. The Morgan fingerprint density at radius 2 is 1.88 bits per heavy atom. The van der Waals surface area contributed by atoms with Gasteiger partial charge in [0.1, 0.15) is 12.3 Å². The summed E-state index contributed by atoms with van der Waals surface area (Å²) < 4.78 is 7.19. The maximum absolute atomic E-state index is 10.6. The first kappa shape index (κ1) is 16.4. The van der Waals surface area contributed by atoms with Crippen LogP contribution in [0.2, 0.25) is 0 Å². The average molecular weight is 336 g/mol. The maximum Gasteiger partial charge on any atom is 0.269 e. The Morgan fingerprint density at radius 1 is 1.12 bits per heavy atom. The molecular weight excluding hydrogens is 320 g/mol. The molecule has 1 heterocycles. The molecule has 25 heavy (non-hydrogen) atoms. The Kier molecular flexibility index (Phi) is 5.16. The summed E-state index contributed by atoms with van der Waals surface area (Å²) in [5.74, 6) is 0. The Morgan fingerprint density at radius 3 is 2.60 bits per heavy atom. The molecule has 0 atom stereocenters. The van der Waals surface area contributed by atoms with Crippen molar-refractivity contribution in [1.82, 2.24) is 15.0 Å². The fraction of sp³-hybridized carbons (Fsp3) is 0.111. The van der Waals surface area contributed by atoms with Gasteiger partial charge in [-0.2, -0.15) is 0 Å². The van der Waals surface area contributed by atoms with Crippen LogP contribution in [0.25, 0.3) is 6.08 Å². The highest BCUT2D eigenvalue weighted by Crippen LogP contribution is 2.13. The van der Waals surface area contributed by atoms with Gasteiger partial charge in [0.05, 0.1) is 23.9 Å². The van der Waals surface area contributed by atoms with E-state index >= 15 is 0 Å². The number of hydrogen-bond donors (Lipinski definition) is 0. The van der Waals surface area contributed by atoms with Crippen molar-refractivity contribution in [1.29, 1.82) is 0 Å². The molecule has 7 nitrogen and oxygen atoms in total. The Hall–Kier alpha value is -3.48. The summed E-state index contributed by atoms with van der Waals surface area (Å²) >= 11 is 0. The fourth-order valence-electron chi connectivity index (χ4n) is 2.22. The lowest BCUT2D eigenvalue weighted by Gasteiger charge is -1.99. The minimum absolute atomic E-state index is 0.0631. The van der Waals surface area contributed by atoms with E-state index in [1.165, 1.54) is 18.4 Å². The molecule has 0 amide bonds. The minimum atomic E-state index is -0.428. The number of nitro groups is 1. The molecule has 0 aliphatic rings. The molecule has 0 aliphatic heterocycles. The summed E-state index contributed by atoms with van der Waals surface area (Å²) in [6, 6.07) is 16.2. The molecule has 126 valence electrons. The first-order valence-corrected chi connectivity index (χ1v) is 7.66. The normalized spacial score (nSPS) is 10.9. The van der Waals surface area contributed by atoms with Crippen LogP contribution in [0.15, 0.2) is 67.1 Å². The number of non-ortho nitro benzene ring substituents is 1. The monoisotopic (exact) mass is 336 g/mol. The number of rotatable bonds is 7. The lowest BCUT2D eigenvalue weighted by atomic mass is 10.2. The van der Waals surface area contributed by atoms with Crippen LogP contribution < -0.4 is 0 Å². The maximum atomic E-state index is 10.6. The highest BCUT2D eigenvalue weighted by Gasteiger charge is 2.03. The van der Waals surface area contributed by atoms with E-state index in [1.54, 1.807) is 22.9 Å². The molecule has 7 heteroatoms. The zero-order chi connectivity index (χ0) is 17.5. The molecule has 0 saturated carbocycles. The molecule has 0 bridgehead atoms. The standard InChI is InChI=1S/C18H16N4O3/c23-22(24)18-8-6-15(7-9-18)10-11-25-14-17-13-21(20-19-17)12-16-4-2-1-3-5-16/h1-11,13H,12,14H2/b11-10+. The van der Waals surface area contributed by atoms with Crippen LogP contribution >= 0.6 is 0 Å². The molecule has 0 aliphatic carbocycles. The van der Waals surface area contributed by atoms with Crippen LogP contribution in [0.3, 0.4) is 0 Å². The van der Waals surface area contributed by atoms with E-state index in [9.17, 15) is 10.1 Å². The Labute approximate surface area is 144 Å². The van der Waals surface area contributed by atoms with Gasteiger partial charge >= 0.3 is 0 Å². The molecule has 0 saturated heterocycles. The summed E-state index contributed by atoms with van der Waals surface area (Å²) in [6.07, 6.45) is 5.11. The van der Waals surface area contributed by atoms with E-state index in [0.29, 0.717) is 13.2 Å². The van der Waals surface area contributed by atoms with Crippen molar-refractivity contribution in [3.05, 3.63) is 94.0 Å². The van der Waals surface area contributed by atoms with Crippen LogP contribution in [0.4, 0.5) is 5.69 Å². The van der Waals surface area contributed by atoms with Crippen LogP contribution in [-0.2, 0) is 17.9 Å². The van der Waals surface area contributed by atoms with Crippen molar-refractivity contribution in [3.63, 3.8) is 0 Å². The van der Waals surface area contributed by atoms with Gasteiger partial charge in [0.25, 0.3) is 5.69 Å². The third kappa shape index (κ3) is 4.74. The van der Waals surface area contributed by atoms with Gasteiger partial charge in [-0.1, -0.05) is 35.5 Å². The molecule has 0 N–H and O–H groups in total. The topological polar surface area (TPSA) is 83.1 Å². The predicted molar refractivity (Wildman–Crippen MR) is 92.5 cm³/mol. The van der Waals surface area contributed by atoms with Crippen molar-refractivity contribution in [3.8, 4) is 0 Å². The van der Waals surface area contributed by atoms with E-state index in [1.807, 2.05) is 36.5 Å². The van der Waals surface area contributed by atoms with Crippen LogP contribution in [0.5, 0.6) is 0 Å². The Balaban J connectivity index is 1.49. The molecule has 0 fully saturated rings. The van der Waals surface area contributed by atoms with E-state index in [2.05, 4.69) is 10.3 Å². The van der Waals surface area contributed by atoms with Gasteiger partial charge in [-0.3, -0.25) is 10.1 Å². The number of nitro benzene ring substituents is 1. The average Bonchev–Trinajstić information content (AvgIpc) is 3.07. The number of hydrogen-bond acceptors (Lipinski definition) is 5. The lowest BCUT2D eigenvalue weighted by Crippen LogP contribution is -1.99. The van der Waals surface area contributed by atoms with Crippen LogP contribution in [0.1, 0.15) is 16.8 Å². The van der Waals surface area contributed by atoms with E-state index < -0.39 is 4.92 Å². The van der Waals surface area contributed by atoms with Gasteiger partial charge in [0.2, 0.25) is 0 Å². The minimum Gasteiger partial charge on any atom is -0.495 e. The smallest absolute Gasteiger partial charge is 0.269 e. The Bertz CT molecular complexity index is 858. The molecule has 3 rings (SSSR count). The largest absolute Gasteiger partial charge is 0.495 e. The first-order valence-electron chi connectivity index (χ1n) is 7.66. The second kappa shape index (κ2) is 7.87. The molecule has 0 unspecified atom stereocenters. The number of benzene rings is 2. The first-order chi connectivity index (χ1) is 12.2. The summed E-state index contributed by atoms with van der Waals surface area (Å²) in [5, 5.41) is 18.7. The molecular formula is C18H16N4O3. The van der Waals surface area contributed by atoms with Crippen LogP contribution in [-0.4, -0.2) is 19.9 Å². The van der Waals surface area contributed by atoms with Gasteiger partial charge in [0.15, 0.2) is 0 Å². The number of ether oxygens (including phenoxy) is 1. The highest BCUT2D eigenvalue weighted by molar-refractivity contribution is 5.50. The van der Waals surface area contributed by atoms with Crippen molar-refractivity contribution in [2.45, 2.75) is 13.2 Å². The number of nitrogens with zero attached hydrogens (tertiary/aromatic N) is 4. The van der Waals surface area contributed by atoms with Gasteiger partial charge in [-0.25, -0.2) is 4.68 Å². The van der Waals surface area contributed by atoms with Crippen molar-refractivity contribution >= 4 is 11.8 Å². The second-order valence-corrected chi connectivity index (χ2v) is 5.36. The highest BCUT2D eigenvalue weighted by atomic mass is 16.6. The second-order valence-electron chi connectivity index (χ2n) is 5.36. The van der Waals surface area contributed by atoms with E-state index in [-0.39, 0.29) is 5.69 Å². The van der Waals surface area contributed by atoms with Crippen LogP contribution in [0, 0.1) is 10.1 Å². The summed E-state index contributed by atoms with van der Waals surface area (Å²) in [7, 11) is 0. The number of aromatic nitrogens is 3. The summed E-state index contributed by atoms with van der Waals surface area (Å²) in [5.41, 5.74) is 2.76. The van der Waals surface area contributed by atoms with Crippen molar-refractivity contribution < 1.29 is 9.66 Å². The van der Waals surface area contributed by atoms with Gasteiger partial charge < -0.3 is 4.74 Å². The fourth-order valence-corrected chi connectivity index (χ4v) is 2.22. The molecule has 1 aromatic heterocycles. The molecule has 0 radical (unpaired) electrons. The van der Waals surface area contributed by atoms with Crippen molar-refractivity contribution in [2.24, 2.45) is 0 Å². The van der Waals surface area contributed by atoms with Crippen molar-refractivity contribution in [2.75, 3.05) is 0 Å². The molecule has 2 aromatic carbocycles. The summed E-state index contributed by atoms with van der Waals surface area (Å²) in [6.45, 7) is 0.963. The molecule has 0 spiro atoms. The third-order valence-electron chi connectivity index (χ3n) is 3.47. The quantitative estimate of drug-likeness (QED) is 0.375. The third-order valence-corrected chi connectivity index (χ3v) is 3.47. The predicted octanol–water partition coefficient (Wildman–Crippen LogP) is 3.42. The van der Waals surface area contributed by atoms with Gasteiger partial charge in [0, 0.05) is 12.1 Å². The SMILES string of the molecule is O=[N+]([O-])c1ccc(/C=C/OCc2cn(Cc3ccccc3)nn2)cc1. The molecule has 3 aromatic rings. The van der Waals surface area contributed by atoms with E-state index in [4.69, 9.17) is 4.74 Å². The lowest BCUT2D eigenvalue weighted by molar-refractivity contribution is -0.384. The zero-order valence-corrected chi connectivity index (χ0v) is 13.4. The van der Waals surface area contributed by atoms with Gasteiger partial charge in [-0.05, 0) is 29.3 Å².